The molecule has 17 heavy (non-hydrogen) atoms. The lowest BCUT2D eigenvalue weighted by Gasteiger charge is -2.12. The van der Waals surface area contributed by atoms with Crippen molar-refractivity contribution in [1.29, 1.82) is 0 Å². The molecule has 90 valence electrons. The summed E-state index contributed by atoms with van der Waals surface area (Å²) in [4.78, 5) is 11.7. The Kier molecular flexibility index (Phi) is 2.38. The third kappa shape index (κ3) is 1.75. The van der Waals surface area contributed by atoms with Gasteiger partial charge in [0.15, 0.2) is 0 Å². The smallest absolute Gasteiger partial charge is 0.418 e. The van der Waals surface area contributed by atoms with Crippen molar-refractivity contribution >= 4 is 10.8 Å². The number of fused-ring (bicyclic) bond motifs is 1. The summed E-state index contributed by atoms with van der Waals surface area (Å²) in [7, 11) is 1.21. The second-order valence-corrected chi connectivity index (χ2v) is 3.66. The van der Waals surface area contributed by atoms with E-state index in [4.69, 9.17) is 0 Å². The van der Waals surface area contributed by atoms with Gasteiger partial charge in [0.1, 0.15) is 5.75 Å². The maximum atomic E-state index is 12.8. The van der Waals surface area contributed by atoms with Crippen molar-refractivity contribution in [3.8, 4) is 5.75 Å². The SMILES string of the molecule is Cn1cc(C(F)(F)F)c2cccc(O)c2c1=O. The first-order valence-electron chi connectivity index (χ1n) is 4.71. The molecule has 0 bridgehead atoms. The van der Waals surface area contributed by atoms with Gasteiger partial charge >= 0.3 is 6.18 Å². The largest absolute Gasteiger partial charge is 0.507 e. The van der Waals surface area contributed by atoms with Crippen LogP contribution in [0.3, 0.4) is 0 Å². The number of halogens is 3. The fourth-order valence-electron chi connectivity index (χ4n) is 1.71. The summed E-state index contributed by atoms with van der Waals surface area (Å²) in [6, 6.07) is 3.62. The number of nitrogens with zero attached hydrogens (tertiary/aromatic N) is 1. The van der Waals surface area contributed by atoms with Crippen LogP contribution in [0.4, 0.5) is 13.2 Å². The molecule has 0 atom stereocenters. The van der Waals surface area contributed by atoms with Crippen molar-refractivity contribution in [2.45, 2.75) is 6.18 Å². The first-order chi connectivity index (χ1) is 7.82. The summed E-state index contributed by atoms with van der Waals surface area (Å²) in [6.07, 6.45) is -3.85. The molecule has 1 aromatic heterocycles. The van der Waals surface area contributed by atoms with Gasteiger partial charge in [-0.15, -0.1) is 0 Å². The molecule has 0 fully saturated rings. The Hall–Kier alpha value is -1.98. The van der Waals surface area contributed by atoms with Crippen molar-refractivity contribution in [3.63, 3.8) is 0 Å². The fraction of sp³-hybridized carbons (Fsp3) is 0.182. The highest BCUT2D eigenvalue weighted by molar-refractivity contribution is 5.90. The molecule has 0 radical (unpaired) electrons. The maximum absolute atomic E-state index is 12.8. The van der Waals surface area contributed by atoms with E-state index in [9.17, 15) is 23.1 Å². The molecule has 0 spiro atoms. The Bertz CT molecular complexity index is 643. The van der Waals surface area contributed by atoms with Crippen molar-refractivity contribution in [1.82, 2.24) is 4.57 Å². The molecule has 2 rings (SSSR count). The van der Waals surface area contributed by atoms with E-state index >= 15 is 0 Å². The first-order valence-corrected chi connectivity index (χ1v) is 4.71. The van der Waals surface area contributed by atoms with E-state index in [0.29, 0.717) is 0 Å². The maximum Gasteiger partial charge on any atom is 0.418 e. The zero-order valence-corrected chi connectivity index (χ0v) is 8.75. The van der Waals surface area contributed by atoms with Gasteiger partial charge in [0.05, 0.1) is 10.9 Å². The normalized spacial score (nSPS) is 12.0. The molecule has 0 aliphatic heterocycles. The Balaban J connectivity index is 3.03. The van der Waals surface area contributed by atoms with E-state index in [0.717, 1.165) is 10.8 Å². The number of alkyl halides is 3. The fourth-order valence-corrected chi connectivity index (χ4v) is 1.71. The van der Waals surface area contributed by atoms with Crippen LogP contribution < -0.4 is 5.56 Å². The molecular formula is C11H8F3NO2. The predicted molar refractivity (Wildman–Crippen MR) is 55.9 cm³/mol. The van der Waals surface area contributed by atoms with E-state index in [1.807, 2.05) is 0 Å². The van der Waals surface area contributed by atoms with Crippen LogP contribution in [-0.2, 0) is 13.2 Å². The van der Waals surface area contributed by atoms with Gasteiger partial charge in [-0.1, -0.05) is 12.1 Å². The monoisotopic (exact) mass is 243 g/mol. The summed E-state index contributed by atoms with van der Waals surface area (Å²) in [6.45, 7) is 0. The molecule has 1 N–H and O–H groups in total. The van der Waals surface area contributed by atoms with Crippen LogP contribution in [0.2, 0.25) is 0 Å². The molecule has 0 unspecified atom stereocenters. The standard InChI is InChI=1S/C11H8F3NO2/c1-15-5-7(11(12,13)14)6-3-2-4-8(16)9(6)10(15)17/h2-5,16H,1H3. The van der Waals surface area contributed by atoms with Crippen LogP contribution in [0.5, 0.6) is 5.75 Å². The van der Waals surface area contributed by atoms with Gasteiger partial charge in [0.2, 0.25) is 0 Å². The summed E-state index contributed by atoms with van der Waals surface area (Å²) in [5.74, 6) is -0.450. The van der Waals surface area contributed by atoms with Crippen LogP contribution in [-0.4, -0.2) is 9.67 Å². The molecule has 0 aliphatic rings. The predicted octanol–water partition coefficient (Wildman–Crippen LogP) is 2.26. The van der Waals surface area contributed by atoms with E-state index in [-0.39, 0.29) is 10.8 Å². The van der Waals surface area contributed by atoms with Crippen molar-refractivity contribution in [2.24, 2.45) is 7.05 Å². The number of benzene rings is 1. The van der Waals surface area contributed by atoms with Crippen molar-refractivity contribution in [3.05, 3.63) is 40.3 Å². The number of pyridine rings is 1. The van der Waals surface area contributed by atoms with E-state index in [2.05, 4.69) is 0 Å². The highest BCUT2D eigenvalue weighted by Crippen LogP contribution is 2.35. The van der Waals surface area contributed by atoms with Crippen molar-refractivity contribution in [2.75, 3.05) is 0 Å². The van der Waals surface area contributed by atoms with E-state index < -0.39 is 23.0 Å². The van der Waals surface area contributed by atoms with E-state index in [1.165, 1.54) is 25.2 Å². The topological polar surface area (TPSA) is 42.2 Å². The Morgan fingerprint density at radius 1 is 1.29 bits per heavy atom. The number of phenolic OH excluding ortho intramolecular Hbond substituents is 1. The highest BCUT2D eigenvalue weighted by atomic mass is 19.4. The van der Waals surface area contributed by atoms with Crippen LogP contribution >= 0.6 is 0 Å². The lowest BCUT2D eigenvalue weighted by atomic mass is 10.1. The third-order valence-electron chi connectivity index (χ3n) is 2.49. The van der Waals surface area contributed by atoms with Gasteiger partial charge in [-0.05, 0) is 6.07 Å². The summed E-state index contributed by atoms with van der Waals surface area (Å²) >= 11 is 0. The minimum absolute atomic E-state index is 0.291. The number of aryl methyl sites for hydroxylation is 1. The zero-order valence-electron chi connectivity index (χ0n) is 8.75. The second kappa shape index (κ2) is 3.51. The quantitative estimate of drug-likeness (QED) is 0.771. The lowest BCUT2D eigenvalue weighted by Crippen LogP contribution is -2.20. The number of aromatic nitrogens is 1. The molecular weight excluding hydrogens is 235 g/mol. The first kappa shape index (κ1) is 11.5. The molecule has 0 saturated carbocycles. The van der Waals surface area contributed by atoms with Crippen LogP contribution in [0.25, 0.3) is 10.8 Å². The van der Waals surface area contributed by atoms with Gasteiger partial charge in [-0.2, -0.15) is 13.2 Å². The Morgan fingerprint density at radius 2 is 1.94 bits per heavy atom. The van der Waals surface area contributed by atoms with Gasteiger partial charge < -0.3 is 9.67 Å². The Morgan fingerprint density at radius 3 is 2.53 bits per heavy atom. The van der Waals surface area contributed by atoms with Gasteiger partial charge in [-0.25, -0.2) is 0 Å². The average Bonchev–Trinajstić information content (AvgIpc) is 2.21. The van der Waals surface area contributed by atoms with Crippen LogP contribution in [0, 0.1) is 0 Å². The lowest BCUT2D eigenvalue weighted by molar-refractivity contribution is -0.136. The number of aromatic hydroxyl groups is 1. The van der Waals surface area contributed by atoms with Crippen LogP contribution in [0.15, 0.2) is 29.2 Å². The zero-order chi connectivity index (χ0) is 12.8. The van der Waals surface area contributed by atoms with Crippen LogP contribution in [0.1, 0.15) is 5.56 Å². The third-order valence-corrected chi connectivity index (χ3v) is 2.49. The summed E-state index contributed by atoms with van der Waals surface area (Å²) in [5, 5.41) is 8.88. The summed E-state index contributed by atoms with van der Waals surface area (Å²) < 4.78 is 39.1. The Labute approximate surface area is 93.7 Å². The van der Waals surface area contributed by atoms with Gasteiger partial charge in [0, 0.05) is 18.6 Å². The highest BCUT2D eigenvalue weighted by Gasteiger charge is 2.34. The number of hydrogen-bond acceptors (Lipinski definition) is 2. The second-order valence-electron chi connectivity index (χ2n) is 3.66. The molecule has 1 aromatic carbocycles. The van der Waals surface area contributed by atoms with Gasteiger partial charge in [0.25, 0.3) is 5.56 Å². The molecule has 6 heteroatoms. The molecule has 3 nitrogen and oxygen atoms in total. The molecule has 0 saturated heterocycles. The minimum atomic E-state index is -4.57. The number of rotatable bonds is 0. The number of phenols is 1. The average molecular weight is 243 g/mol. The summed E-state index contributed by atoms with van der Waals surface area (Å²) in [5.41, 5.74) is -1.60. The minimum Gasteiger partial charge on any atom is -0.507 e. The van der Waals surface area contributed by atoms with Crippen molar-refractivity contribution < 1.29 is 18.3 Å². The van der Waals surface area contributed by atoms with Gasteiger partial charge in [-0.3, -0.25) is 4.79 Å². The number of hydrogen-bond donors (Lipinski definition) is 1. The molecule has 2 aromatic rings. The molecule has 0 aliphatic carbocycles. The molecule has 1 heterocycles. The van der Waals surface area contributed by atoms with E-state index in [1.54, 1.807) is 0 Å². The molecule has 0 amide bonds.